The van der Waals surface area contributed by atoms with Crippen LogP contribution in [0.15, 0.2) is 28.7 Å². The van der Waals surface area contributed by atoms with Gasteiger partial charge in [-0.25, -0.2) is 9.97 Å². The van der Waals surface area contributed by atoms with E-state index >= 15 is 0 Å². The Balaban J connectivity index is 2.10. The van der Waals surface area contributed by atoms with Crippen LogP contribution in [0.4, 0.5) is 5.95 Å². The monoisotopic (exact) mass is 345 g/mol. The van der Waals surface area contributed by atoms with E-state index in [1.165, 1.54) is 25.5 Å². The molecule has 0 aromatic carbocycles. The van der Waals surface area contributed by atoms with E-state index in [0.29, 0.717) is 19.0 Å². The Morgan fingerprint density at radius 3 is 2.64 bits per heavy atom. The molecule has 0 aliphatic rings. The summed E-state index contributed by atoms with van der Waals surface area (Å²) in [4.78, 5) is 20.0. The summed E-state index contributed by atoms with van der Waals surface area (Å²) in [6.45, 7) is 2.28. The normalized spacial score (nSPS) is 11.4. The fraction of sp³-hybridized carbons (Fsp3) is 0.267. The van der Waals surface area contributed by atoms with Crippen LogP contribution in [0.3, 0.4) is 0 Å². The molecule has 0 aliphatic carbocycles. The Kier molecular flexibility index (Phi) is 6.02. The molecule has 1 amide bonds. The first-order valence-electron chi connectivity index (χ1n) is 7.07. The van der Waals surface area contributed by atoms with Crippen molar-refractivity contribution in [1.82, 2.24) is 15.1 Å². The second kappa shape index (κ2) is 8.42. The molecule has 0 unspecified atom stereocenters. The summed E-state index contributed by atoms with van der Waals surface area (Å²) in [7, 11) is 1.55. The lowest BCUT2D eigenvalue weighted by Crippen LogP contribution is -2.17. The van der Waals surface area contributed by atoms with Crippen molar-refractivity contribution in [3.63, 3.8) is 0 Å². The van der Waals surface area contributed by atoms with Crippen molar-refractivity contribution in [2.45, 2.75) is 6.92 Å². The van der Waals surface area contributed by atoms with Crippen molar-refractivity contribution in [2.75, 3.05) is 25.6 Å². The van der Waals surface area contributed by atoms with E-state index in [-0.39, 0.29) is 17.3 Å². The maximum Gasteiger partial charge on any atom is 0.272 e. The number of aliphatic hydroxyl groups excluding tert-OH is 1. The van der Waals surface area contributed by atoms with Crippen molar-refractivity contribution in [1.29, 1.82) is 5.26 Å². The summed E-state index contributed by atoms with van der Waals surface area (Å²) in [5, 5.41) is 25.0. The van der Waals surface area contributed by atoms with Gasteiger partial charge in [0.05, 0.1) is 30.8 Å². The van der Waals surface area contributed by atoms with E-state index in [2.05, 4.69) is 20.4 Å². The number of amides is 1. The number of carbonyl (C=O) groups excluding carboxylic acids is 1. The molecule has 0 saturated carbocycles. The van der Waals surface area contributed by atoms with Crippen molar-refractivity contribution >= 4 is 17.6 Å². The quantitative estimate of drug-likeness (QED) is 0.327. The fourth-order valence-electron chi connectivity index (χ4n) is 1.73. The molecule has 130 valence electrons. The number of aromatic nitrogens is 3. The topological polar surface area (TPSA) is 143 Å². The zero-order valence-electron chi connectivity index (χ0n) is 13.5. The summed E-state index contributed by atoms with van der Waals surface area (Å²) in [6, 6.07) is 1.64. The number of hydrogen-bond donors (Lipinski definition) is 2. The Labute approximate surface area is 142 Å². The molecule has 0 fully saturated rings. The zero-order valence-corrected chi connectivity index (χ0v) is 13.5. The fourth-order valence-corrected chi connectivity index (χ4v) is 1.73. The van der Waals surface area contributed by atoms with E-state index in [1.54, 1.807) is 13.2 Å². The molecule has 2 rings (SSSR count). The number of methoxy groups -OCH3 is 1. The van der Waals surface area contributed by atoms with Crippen LogP contribution in [0.2, 0.25) is 0 Å². The minimum atomic E-state index is -0.867. The summed E-state index contributed by atoms with van der Waals surface area (Å²) >= 11 is 0. The predicted molar refractivity (Wildman–Crippen MR) is 84.4 cm³/mol. The smallest absolute Gasteiger partial charge is 0.272 e. The standard InChI is InChI=1S/C15H15N5O5/c1-9-12(8-19-25-9)13(21)11(5-16)14(22)20-15-17-6-10(7-18-15)24-4-3-23-2/h6-8,21H,3-4H2,1-2H3,(H,17,18,20,22)/b13-11-. The van der Waals surface area contributed by atoms with Gasteiger partial charge in [0.25, 0.3) is 5.91 Å². The van der Waals surface area contributed by atoms with Gasteiger partial charge in [-0.3, -0.25) is 10.1 Å². The molecular formula is C15H15N5O5. The number of aliphatic hydroxyl groups is 1. The van der Waals surface area contributed by atoms with Gasteiger partial charge < -0.3 is 19.1 Å². The largest absolute Gasteiger partial charge is 0.506 e. The van der Waals surface area contributed by atoms with Crippen LogP contribution in [0.1, 0.15) is 11.3 Å². The van der Waals surface area contributed by atoms with Gasteiger partial charge in [0.15, 0.2) is 17.1 Å². The maximum atomic E-state index is 12.2. The number of rotatable bonds is 7. The van der Waals surface area contributed by atoms with Gasteiger partial charge in [-0.1, -0.05) is 5.16 Å². The van der Waals surface area contributed by atoms with E-state index < -0.39 is 17.2 Å². The van der Waals surface area contributed by atoms with Crippen molar-refractivity contribution in [3.05, 3.63) is 35.5 Å². The average molecular weight is 345 g/mol. The molecule has 0 saturated heterocycles. The Morgan fingerprint density at radius 2 is 2.08 bits per heavy atom. The molecule has 10 nitrogen and oxygen atoms in total. The van der Waals surface area contributed by atoms with Crippen LogP contribution in [-0.4, -0.2) is 46.5 Å². The number of nitriles is 1. The Morgan fingerprint density at radius 1 is 1.36 bits per heavy atom. The minimum Gasteiger partial charge on any atom is -0.506 e. The third-order valence-corrected chi connectivity index (χ3v) is 2.99. The number of ether oxygens (including phenoxy) is 2. The molecule has 0 radical (unpaired) electrons. The number of nitrogens with zero attached hydrogens (tertiary/aromatic N) is 4. The highest BCUT2D eigenvalue weighted by Crippen LogP contribution is 2.20. The molecular weight excluding hydrogens is 330 g/mol. The highest BCUT2D eigenvalue weighted by atomic mass is 16.5. The van der Waals surface area contributed by atoms with Crippen molar-refractivity contribution < 1.29 is 23.9 Å². The highest BCUT2D eigenvalue weighted by molar-refractivity contribution is 6.10. The van der Waals surface area contributed by atoms with Crippen LogP contribution < -0.4 is 10.1 Å². The number of aryl methyl sites for hydroxylation is 1. The molecule has 0 bridgehead atoms. The zero-order chi connectivity index (χ0) is 18.2. The van der Waals surface area contributed by atoms with E-state index in [4.69, 9.17) is 19.3 Å². The van der Waals surface area contributed by atoms with Gasteiger partial charge in [0, 0.05) is 7.11 Å². The highest BCUT2D eigenvalue weighted by Gasteiger charge is 2.20. The van der Waals surface area contributed by atoms with Crippen LogP contribution in [0.5, 0.6) is 5.75 Å². The second-order valence-electron chi connectivity index (χ2n) is 4.67. The number of carbonyl (C=O) groups is 1. The SMILES string of the molecule is COCCOc1cnc(NC(=O)/C(C#N)=C(\O)c2cnoc2C)nc1. The third-order valence-electron chi connectivity index (χ3n) is 2.99. The summed E-state index contributed by atoms with van der Waals surface area (Å²) in [6.07, 6.45) is 3.92. The second-order valence-corrected chi connectivity index (χ2v) is 4.67. The maximum absolute atomic E-state index is 12.2. The van der Waals surface area contributed by atoms with Crippen LogP contribution >= 0.6 is 0 Å². The molecule has 0 aliphatic heterocycles. The lowest BCUT2D eigenvalue weighted by molar-refractivity contribution is -0.112. The van der Waals surface area contributed by atoms with Gasteiger partial charge in [-0.2, -0.15) is 5.26 Å². The molecule has 2 aromatic heterocycles. The number of anilines is 1. The third kappa shape index (κ3) is 4.52. The lowest BCUT2D eigenvalue weighted by atomic mass is 10.1. The molecule has 25 heavy (non-hydrogen) atoms. The average Bonchev–Trinajstić information content (AvgIpc) is 3.03. The Bertz CT molecular complexity index is 806. The minimum absolute atomic E-state index is 0.0494. The van der Waals surface area contributed by atoms with E-state index in [1.807, 2.05) is 0 Å². The summed E-state index contributed by atoms with van der Waals surface area (Å²) in [5.41, 5.74) is -0.371. The van der Waals surface area contributed by atoms with E-state index in [9.17, 15) is 9.90 Å². The molecule has 2 heterocycles. The van der Waals surface area contributed by atoms with Gasteiger partial charge in [-0.15, -0.1) is 0 Å². The predicted octanol–water partition coefficient (Wildman–Crippen LogP) is 1.23. The first-order chi connectivity index (χ1) is 12.1. The van der Waals surface area contributed by atoms with Gasteiger partial charge in [0.1, 0.15) is 18.4 Å². The van der Waals surface area contributed by atoms with Gasteiger partial charge in [-0.05, 0) is 6.92 Å². The van der Waals surface area contributed by atoms with Crippen molar-refractivity contribution in [2.24, 2.45) is 0 Å². The number of hydrogen-bond acceptors (Lipinski definition) is 9. The number of nitrogens with one attached hydrogen (secondary N) is 1. The summed E-state index contributed by atoms with van der Waals surface area (Å²) in [5.74, 6) is -0.792. The first kappa shape index (κ1) is 17.9. The molecule has 10 heteroatoms. The molecule has 0 atom stereocenters. The molecule has 2 aromatic rings. The lowest BCUT2D eigenvalue weighted by Gasteiger charge is -2.06. The molecule has 0 spiro atoms. The van der Waals surface area contributed by atoms with Gasteiger partial charge >= 0.3 is 0 Å². The van der Waals surface area contributed by atoms with Crippen molar-refractivity contribution in [3.8, 4) is 11.8 Å². The van der Waals surface area contributed by atoms with Crippen LogP contribution in [-0.2, 0) is 9.53 Å². The van der Waals surface area contributed by atoms with Crippen LogP contribution in [0, 0.1) is 18.3 Å². The van der Waals surface area contributed by atoms with E-state index in [0.717, 1.165) is 0 Å². The summed E-state index contributed by atoms with van der Waals surface area (Å²) < 4.78 is 14.9. The molecule has 2 N–H and O–H groups in total. The van der Waals surface area contributed by atoms with Crippen LogP contribution in [0.25, 0.3) is 5.76 Å². The first-order valence-corrected chi connectivity index (χ1v) is 7.07. The Hall–Kier alpha value is -3.45. The van der Waals surface area contributed by atoms with Gasteiger partial charge in [0.2, 0.25) is 5.95 Å².